The lowest BCUT2D eigenvalue weighted by Crippen LogP contribution is -2.48. The number of phenolic OH excluding ortho intramolecular Hbond substituents is 1. The molecule has 1 aliphatic rings. The number of halogens is 1. The van der Waals surface area contributed by atoms with Crippen LogP contribution in [0.3, 0.4) is 0 Å². The topological polar surface area (TPSA) is 64.9 Å². The summed E-state index contributed by atoms with van der Waals surface area (Å²) in [6.45, 7) is 9.81. The Hall–Kier alpha value is -3.05. The molecule has 5 nitrogen and oxygen atoms in total. The minimum absolute atomic E-state index is 0.0654. The number of phenols is 1. The number of anilines is 1. The molecule has 1 amide bonds. The molecule has 3 aromatic carbocycles. The molecule has 1 atom stereocenters. The van der Waals surface area contributed by atoms with E-state index in [4.69, 9.17) is 11.6 Å². The van der Waals surface area contributed by atoms with Gasteiger partial charge in [-0.25, -0.2) is 5.43 Å². The van der Waals surface area contributed by atoms with Crippen LogP contribution >= 0.6 is 11.6 Å². The molecule has 0 radical (unpaired) electrons. The second-order valence-corrected chi connectivity index (χ2v) is 9.42. The Balaban J connectivity index is 1.58. The highest BCUT2D eigenvalue weighted by atomic mass is 35.5. The lowest BCUT2D eigenvalue weighted by molar-refractivity contribution is 0.0952. The first-order chi connectivity index (χ1) is 15.2. The molecular weight excluding hydrogens is 422 g/mol. The van der Waals surface area contributed by atoms with E-state index in [0.717, 1.165) is 35.0 Å². The molecule has 1 aliphatic heterocycles. The maximum absolute atomic E-state index is 12.6. The third-order valence-electron chi connectivity index (χ3n) is 6.30. The number of hydrazone groups is 1. The Kier molecular flexibility index (Phi) is 5.87. The van der Waals surface area contributed by atoms with Gasteiger partial charge in [0.25, 0.3) is 5.91 Å². The van der Waals surface area contributed by atoms with E-state index in [1.54, 1.807) is 18.3 Å². The average Bonchev–Trinajstić information content (AvgIpc) is 2.73. The molecule has 4 rings (SSSR count). The van der Waals surface area contributed by atoms with Crippen LogP contribution in [0.25, 0.3) is 10.8 Å². The van der Waals surface area contributed by atoms with Crippen molar-refractivity contribution in [1.82, 2.24) is 5.43 Å². The maximum Gasteiger partial charge on any atom is 0.275 e. The molecule has 0 fully saturated rings. The third kappa shape index (κ3) is 4.05. The summed E-state index contributed by atoms with van der Waals surface area (Å²) in [5.74, 6) is -0.179. The predicted octanol–water partition coefficient (Wildman–Crippen LogP) is 6.07. The van der Waals surface area contributed by atoms with Crippen molar-refractivity contribution in [2.24, 2.45) is 5.10 Å². The highest BCUT2D eigenvalue weighted by Crippen LogP contribution is 2.44. The Morgan fingerprint density at radius 2 is 1.94 bits per heavy atom. The summed E-state index contributed by atoms with van der Waals surface area (Å²) in [5, 5.41) is 16.7. The summed E-state index contributed by atoms with van der Waals surface area (Å²) in [6.07, 6.45) is 2.60. The molecule has 32 heavy (non-hydrogen) atoms. The summed E-state index contributed by atoms with van der Waals surface area (Å²) >= 11 is 6.58. The first kappa shape index (κ1) is 22.2. The minimum Gasteiger partial charge on any atom is -0.507 e. The summed E-state index contributed by atoms with van der Waals surface area (Å²) in [7, 11) is 0. The minimum atomic E-state index is -0.481. The normalized spacial score (nSPS) is 17.5. The molecule has 0 bridgehead atoms. The zero-order chi connectivity index (χ0) is 23.0. The number of nitrogens with zero attached hydrogens (tertiary/aromatic N) is 2. The zero-order valence-corrected chi connectivity index (χ0v) is 19.6. The number of fused-ring (bicyclic) bond motifs is 2. The van der Waals surface area contributed by atoms with E-state index in [1.165, 1.54) is 5.56 Å². The fourth-order valence-corrected chi connectivity index (χ4v) is 5.06. The van der Waals surface area contributed by atoms with Crippen molar-refractivity contribution < 1.29 is 9.90 Å². The van der Waals surface area contributed by atoms with E-state index >= 15 is 0 Å². The van der Waals surface area contributed by atoms with Crippen LogP contribution in [-0.2, 0) is 0 Å². The van der Waals surface area contributed by atoms with Gasteiger partial charge < -0.3 is 10.0 Å². The summed E-state index contributed by atoms with van der Waals surface area (Å²) < 4.78 is 0. The van der Waals surface area contributed by atoms with Crippen LogP contribution < -0.4 is 10.3 Å². The number of hydrogen-bond acceptors (Lipinski definition) is 4. The monoisotopic (exact) mass is 449 g/mol. The predicted molar refractivity (Wildman–Crippen MR) is 132 cm³/mol. The molecule has 0 saturated heterocycles. The van der Waals surface area contributed by atoms with Gasteiger partial charge in [0.2, 0.25) is 0 Å². The number of amides is 1. The number of carbonyl (C=O) groups is 1. The molecule has 2 N–H and O–H groups in total. The molecule has 0 aromatic heterocycles. The van der Waals surface area contributed by atoms with Crippen LogP contribution in [0.1, 0.15) is 61.5 Å². The average molecular weight is 450 g/mol. The summed E-state index contributed by atoms with van der Waals surface area (Å²) in [6, 6.07) is 14.8. The van der Waals surface area contributed by atoms with E-state index in [2.05, 4.69) is 49.2 Å². The van der Waals surface area contributed by atoms with Crippen molar-refractivity contribution in [3.05, 3.63) is 70.2 Å². The van der Waals surface area contributed by atoms with Gasteiger partial charge in [-0.3, -0.25) is 4.79 Å². The van der Waals surface area contributed by atoms with Gasteiger partial charge in [0, 0.05) is 23.3 Å². The number of benzene rings is 3. The van der Waals surface area contributed by atoms with Gasteiger partial charge in [-0.15, -0.1) is 0 Å². The van der Waals surface area contributed by atoms with Gasteiger partial charge in [-0.1, -0.05) is 42.8 Å². The summed E-state index contributed by atoms with van der Waals surface area (Å²) in [4.78, 5) is 15.0. The molecule has 1 unspecified atom stereocenters. The Bertz CT molecular complexity index is 1220. The number of hydrogen-bond donors (Lipinski definition) is 2. The van der Waals surface area contributed by atoms with E-state index in [-0.39, 0.29) is 16.9 Å². The SMILES string of the molecule is CCN1c2cc(Cl)c(/C=N\NC(=O)c3cc4ccccc4cc3O)cc2C(C)CC1(C)C. The van der Waals surface area contributed by atoms with Gasteiger partial charge in [0.15, 0.2) is 0 Å². The first-order valence-electron chi connectivity index (χ1n) is 10.9. The molecule has 3 aromatic rings. The van der Waals surface area contributed by atoms with Crippen LogP contribution in [0.2, 0.25) is 5.02 Å². The highest BCUT2D eigenvalue weighted by Gasteiger charge is 2.35. The molecule has 1 heterocycles. The van der Waals surface area contributed by atoms with Crippen LogP contribution in [0.5, 0.6) is 5.75 Å². The fourth-order valence-electron chi connectivity index (χ4n) is 4.85. The molecule has 0 spiro atoms. The van der Waals surface area contributed by atoms with E-state index < -0.39 is 5.91 Å². The second-order valence-electron chi connectivity index (χ2n) is 9.01. The van der Waals surface area contributed by atoms with Crippen LogP contribution in [-0.4, -0.2) is 29.3 Å². The number of aromatic hydroxyl groups is 1. The van der Waals surface area contributed by atoms with Gasteiger partial charge in [0.1, 0.15) is 5.75 Å². The Morgan fingerprint density at radius 3 is 2.62 bits per heavy atom. The van der Waals surface area contributed by atoms with Crippen molar-refractivity contribution >= 4 is 40.2 Å². The van der Waals surface area contributed by atoms with Crippen molar-refractivity contribution in [2.75, 3.05) is 11.4 Å². The van der Waals surface area contributed by atoms with Gasteiger partial charge in [0.05, 0.1) is 16.8 Å². The van der Waals surface area contributed by atoms with Crippen LogP contribution in [0, 0.1) is 0 Å². The fraction of sp³-hybridized carbons (Fsp3) is 0.308. The second kappa shape index (κ2) is 8.47. The lowest BCUT2D eigenvalue weighted by Gasteiger charge is -2.47. The molecular formula is C26H28ClN3O2. The lowest BCUT2D eigenvalue weighted by atomic mass is 9.79. The van der Waals surface area contributed by atoms with E-state index in [0.29, 0.717) is 10.9 Å². The van der Waals surface area contributed by atoms with Crippen molar-refractivity contribution in [2.45, 2.75) is 45.6 Å². The zero-order valence-electron chi connectivity index (χ0n) is 18.8. The van der Waals surface area contributed by atoms with Crippen molar-refractivity contribution in [3.8, 4) is 5.75 Å². The smallest absolute Gasteiger partial charge is 0.275 e. The van der Waals surface area contributed by atoms with E-state index in [1.807, 2.05) is 30.3 Å². The largest absolute Gasteiger partial charge is 0.507 e. The standard InChI is InChI=1S/C26H28ClN3O2/c1-5-30-23-13-22(27)19(11-20(23)16(2)14-26(30,3)4)15-28-29-25(32)21-10-17-8-6-7-9-18(17)12-24(21)31/h6-13,15-16,31H,5,14H2,1-4H3,(H,29,32)/b28-15-. The number of carbonyl (C=O) groups excluding carboxylic acids is 1. The Labute approximate surface area is 193 Å². The van der Waals surface area contributed by atoms with Crippen LogP contribution in [0.4, 0.5) is 5.69 Å². The van der Waals surface area contributed by atoms with E-state index in [9.17, 15) is 9.90 Å². The number of rotatable bonds is 4. The molecule has 166 valence electrons. The number of nitrogens with one attached hydrogen (secondary N) is 1. The van der Waals surface area contributed by atoms with Gasteiger partial charge in [-0.2, -0.15) is 5.10 Å². The summed E-state index contributed by atoms with van der Waals surface area (Å²) in [5.41, 5.74) is 5.88. The van der Waals surface area contributed by atoms with Crippen molar-refractivity contribution in [3.63, 3.8) is 0 Å². The molecule has 0 aliphatic carbocycles. The Morgan fingerprint density at radius 1 is 1.25 bits per heavy atom. The van der Waals surface area contributed by atoms with Gasteiger partial charge >= 0.3 is 0 Å². The highest BCUT2D eigenvalue weighted by molar-refractivity contribution is 6.33. The first-order valence-corrected chi connectivity index (χ1v) is 11.3. The van der Waals surface area contributed by atoms with Gasteiger partial charge in [-0.05, 0) is 73.7 Å². The maximum atomic E-state index is 12.6. The molecule has 6 heteroatoms. The third-order valence-corrected chi connectivity index (χ3v) is 6.63. The quantitative estimate of drug-likeness (QED) is 0.375. The van der Waals surface area contributed by atoms with Crippen LogP contribution in [0.15, 0.2) is 53.6 Å². The van der Waals surface area contributed by atoms with Crippen molar-refractivity contribution in [1.29, 1.82) is 0 Å². The molecule has 0 saturated carbocycles.